The Kier molecular flexibility index (Phi) is 2.25. The molecule has 0 saturated carbocycles. The molecule has 0 saturated heterocycles. The summed E-state index contributed by atoms with van der Waals surface area (Å²) < 4.78 is 2.17. The zero-order valence-electron chi connectivity index (χ0n) is 6.58. The number of anilines is 1. The second kappa shape index (κ2) is 3.26. The van der Waals surface area contributed by atoms with Crippen LogP contribution in [0.5, 0.6) is 0 Å². The largest absolute Gasteiger partial charge is 0.399 e. The van der Waals surface area contributed by atoms with Gasteiger partial charge >= 0.3 is 0 Å². The van der Waals surface area contributed by atoms with Gasteiger partial charge in [-0.2, -0.15) is 0 Å². The molecular formula is C9H6INOS. The zero-order chi connectivity index (χ0) is 9.42. The zero-order valence-corrected chi connectivity index (χ0v) is 9.56. The molecule has 13 heavy (non-hydrogen) atoms. The highest BCUT2D eigenvalue weighted by molar-refractivity contribution is 14.1. The Balaban J connectivity index is 2.82. The van der Waals surface area contributed by atoms with Crippen molar-refractivity contribution in [3.05, 3.63) is 26.6 Å². The van der Waals surface area contributed by atoms with E-state index >= 15 is 0 Å². The van der Waals surface area contributed by atoms with Crippen LogP contribution in [0.2, 0.25) is 0 Å². The SMILES string of the molecule is Nc1cc(I)c2cc(C=O)sc2c1. The molecule has 0 amide bonds. The highest BCUT2D eigenvalue weighted by Crippen LogP contribution is 2.30. The van der Waals surface area contributed by atoms with E-state index in [4.69, 9.17) is 5.73 Å². The van der Waals surface area contributed by atoms with E-state index in [2.05, 4.69) is 22.6 Å². The first-order chi connectivity index (χ1) is 6.20. The van der Waals surface area contributed by atoms with Crippen LogP contribution in [-0.2, 0) is 0 Å². The van der Waals surface area contributed by atoms with Gasteiger partial charge in [-0.05, 0) is 40.8 Å². The monoisotopic (exact) mass is 303 g/mol. The second-order valence-electron chi connectivity index (χ2n) is 2.68. The third-order valence-electron chi connectivity index (χ3n) is 1.74. The number of fused-ring (bicyclic) bond motifs is 1. The van der Waals surface area contributed by atoms with E-state index in [1.54, 1.807) is 0 Å². The topological polar surface area (TPSA) is 43.1 Å². The van der Waals surface area contributed by atoms with Gasteiger partial charge in [0, 0.05) is 19.3 Å². The maximum Gasteiger partial charge on any atom is 0.160 e. The van der Waals surface area contributed by atoms with E-state index < -0.39 is 0 Å². The van der Waals surface area contributed by atoms with Crippen molar-refractivity contribution in [3.63, 3.8) is 0 Å². The maximum atomic E-state index is 10.5. The molecule has 1 aromatic carbocycles. The first kappa shape index (κ1) is 8.96. The fourth-order valence-electron chi connectivity index (χ4n) is 1.19. The highest BCUT2D eigenvalue weighted by Gasteiger charge is 2.04. The van der Waals surface area contributed by atoms with Gasteiger partial charge in [0.15, 0.2) is 6.29 Å². The molecule has 0 aliphatic carbocycles. The number of thiophene rings is 1. The maximum absolute atomic E-state index is 10.5. The number of aldehydes is 1. The molecule has 0 atom stereocenters. The number of hydrogen-bond donors (Lipinski definition) is 1. The van der Waals surface area contributed by atoms with Crippen molar-refractivity contribution >= 4 is 56.0 Å². The molecule has 1 aromatic heterocycles. The Labute approximate surface area is 92.9 Å². The Hall–Kier alpha value is -0.620. The summed E-state index contributed by atoms with van der Waals surface area (Å²) in [5, 5.41) is 1.11. The molecule has 1 heterocycles. The molecule has 66 valence electrons. The highest BCUT2D eigenvalue weighted by atomic mass is 127. The van der Waals surface area contributed by atoms with Gasteiger partial charge in [0.05, 0.1) is 4.88 Å². The van der Waals surface area contributed by atoms with Crippen LogP contribution in [0.4, 0.5) is 5.69 Å². The lowest BCUT2D eigenvalue weighted by Crippen LogP contribution is -1.84. The molecule has 2 N–H and O–H groups in total. The van der Waals surface area contributed by atoms with Crippen LogP contribution in [0.1, 0.15) is 9.67 Å². The van der Waals surface area contributed by atoms with Crippen LogP contribution < -0.4 is 5.73 Å². The van der Waals surface area contributed by atoms with Crippen LogP contribution in [0, 0.1) is 3.57 Å². The van der Waals surface area contributed by atoms with Crippen molar-refractivity contribution < 1.29 is 4.79 Å². The smallest absolute Gasteiger partial charge is 0.160 e. The van der Waals surface area contributed by atoms with Gasteiger partial charge in [-0.3, -0.25) is 4.79 Å². The molecule has 2 aromatic rings. The van der Waals surface area contributed by atoms with E-state index in [1.165, 1.54) is 11.3 Å². The van der Waals surface area contributed by atoms with Crippen molar-refractivity contribution in [1.29, 1.82) is 0 Å². The number of hydrogen-bond acceptors (Lipinski definition) is 3. The van der Waals surface area contributed by atoms with Gasteiger partial charge in [0.2, 0.25) is 0 Å². The lowest BCUT2D eigenvalue weighted by atomic mass is 10.2. The van der Waals surface area contributed by atoms with Gasteiger partial charge < -0.3 is 5.73 Å². The van der Waals surface area contributed by atoms with Gasteiger partial charge in [-0.1, -0.05) is 0 Å². The molecule has 0 fully saturated rings. The average molecular weight is 303 g/mol. The number of carbonyl (C=O) groups excluding carboxylic acids is 1. The lowest BCUT2D eigenvalue weighted by Gasteiger charge is -1.95. The van der Waals surface area contributed by atoms with Crippen LogP contribution in [0.25, 0.3) is 10.1 Å². The summed E-state index contributed by atoms with van der Waals surface area (Å²) in [6.45, 7) is 0. The Morgan fingerprint density at radius 1 is 1.38 bits per heavy atom. The molecule has 0 aliphatic heterocycles. The number of rotatable bonds is 1. The molecule has 4 heteroatoms. The lowest BCUT2D eigenvalue weighted by molar-refractivity contribution is 0.112. The molecule has 0 bridgehead atoms. The summed E-state index contributed by atoms with van der Waals surface area (Å²) in [6.07, 6.45) is 0.872. The third kappa shape index (κ3) is 1.55. The van der Waals surface area contributed by atoms with Crippen molar-refractivity contribution in [2.45, 2.75) is 0 Å². The van der Waals surface area contributed by atoms with Gasteiger partial charge in [-0.15, -0.1) is 11.3 Å². The molecule has 2 rings (SSSR count). The minimum absolute atomic E-state index is 0.746. The predicted molar refractivity (Wildman–Crippen MR) is 64.3 cm³/mol. The van der Waals surface area contributed by atoms with Crippen LogP contribution in [-0.4, -0.2) is 6.29 Å². The number of halogens is 1. The summed E-state index contributed by atoms with van der Waals surface area (Å²) in [4.78, 5) is 11.3. The van der Waals surface area contributed by atoms with Gasteiger partial charge in [-0.25, -0.2) is 0 Å². The average Bonchev–Trinajstić information content (AvgIpc) is 2.47. The van der Waals surface area contributed by atoms with Gasteiger partial charge in [0.25, 0.3) is 0 Å². The Morgan fingerprint density at radius 2 is 2.15 bits per heavy atom. The summed E-state index contributed by atoms with van der Waals surface area (Å²) in [5.41, 5.74) is 6.44. The molecule has 0 radical (unpaired) electrons. The fraction of sp³-hybridized carbons (Fsp3) is 0. The first-order valence-corrected chi connectivity index (χ1v) is 5.54. The quantitative estimate of drug-likeness (QED) is 0.500. The van der Waals surface area contributed by atoms with Crippen molar-refractivity contribution in [3.8, 4) is 0 Å². The molecule has 2 nitrogen and oxygen atoms in total. The second-order valence-corrected chi connectivity index (χ2v) is 4.96. The molecule has 0 spiro atoms. The number of nitrogen functional groups attached to an aromatic ring is 1. The van der Waals surface area contributed by atoms with E-state index in [0.717, 1.165) is 30.5 Å². The summed E-state index contributed by atoms with van der Waals surface area (Å²) in [7, 11) is 0. The number of benzene rings is 1. The molecule has 0 unspecified atom stereocenters. The normalized spacial score (nSPS) is 10.5. The molecular weight excluding hydrogens is 297 g/mol. The summed E-state index contributed by atoms with van der Waals surface area (Å²) in [5.74, 6) is 0. The van der Waals surface area contributed by atoms with Crippen molar-refractivity contribution in [1.82, 2.24) is 0 Å². The standard InChI is InChI=1S/C9H6INOS/c10-8-1-5(11)2-9-7(8)3-6(4-12)13-9/h1-4H,11H2. The van der Waals surface area contributed by atoms with Crippen molar-refractivity contribution in [2.75, 3.05) is 5.73 Å². The summed E-state index contributed by atoms with van der Waals surface area (Å²) in [6, 6.07) is 5.70. The minimum Gasteiger partial charge on any atom is -0.399 e. The first-order valence-electron chi connectivity index (χ1n) is 3.64. The molecule has 0 aliphatic rings. The summed E-state index contributed by atoms with van der Waals surface area (Å²) >= 11 is 3.70. The third-order valence-corrected chi connectivity index (χ3v) is 3.64. The van der Waals surface area contributed by atoms with E-state index in [0.29, 0.717) is 0 Å². The number of nitrogens with two attached hydrogens (primary N) is 1. The minimum atomic E-state index is 0.746. The Morgan fingerprint density at radius 3 is 2.85 bits per heavy atom. The fourth-order valence-corrected chi connectivity index (χ4v) is 3.14. The van der Waals surface area contributed by atoms with Gasteiger partial charge in [0.1, 0.15) is 0 Å². The van der Waals surface area contributed by atoms with E-state index in [9.17, 15) is 4.79 Å². The van der Waals surface area contributed by atoms with E-state index in [-0.39, 0.29) is 0 Å². The van der Waals surface area contributed by atoms with E-state index in [1.807, 2.05) is 18.2 Å². The number of carbonyl (C=O) groups is 1. The Bertz CT molecular complexity index is 478. The van der Waals surface area contributed by atoms with Crippen molar-refractivity contribution in [2.24, 2.45) is 0 Å². The van der Waals surface area contributed by atoms with Crippen LogP contribution >= 0.6 is 33.9 Å². The van der Waals surface area contributed by atoms with Crippen LogP contribution in [0.3, 0.4) is 0 Å². The van der Waals surface area contributed by atoms with Crippen LogP contribution in [0.15, 0.2) is 18.2 Å². The predicted octanol–water partition coefficient (Wildman–Crippen LogP) is 2.90.